The van der Waals surface area contributed by atoms with Crippen molar-refractivity contribution in [2.75, 3.05) is 26.2 Å². The third-order valence-electron chi connectivity index (χ3n) is 6.87. The highest BCUT2D eigenvalue weighted by Crippen LogP contribution is 2.34. The van der Waals surface area contributed by atoms with Gasteiger partial charge in [-0.15, -0.1) is 0 Å². The van der Waals surface area contributed by atoms with Crippen molar-refractivity contribution in [3.63, 3.8) is 0 Å². The molecule has 3 fully saturated rings. The van der Waals surface area contributed by atoms with E-state index in [0.717, 1.165) is 62.4 Å². The first-order chi connectivity index (χ1) is 13.6. The van der Waals surface area contributed by atoms with E-state index >= 15 is 0 Å². The van der Waals surface area contributed by atoms with Gasteiger partial charge in [-0.1, -0.05) is 12.1 Å². The molecule has 1 amide bonds. The molecule has 2 bridgehead atoms. The van der Waals surface area contributed by atoms with Crippen molar-refractivity contribution in [3.05, 3.63) is 52.6 Å². The highest BCUT2D eigenvalue weighted by Gasteiger charge is 2.41. The van der Waals surface area contributed by atoms with E-state index in [2.05, 4.69) is 9.80 Å². The minimum Gasteiger partial charge on any atom is -0.336 e. The Morgan fingerprint density at radius 1 is 1.18 bits per heavy atom. The molecule has 28 heavy (non-hydrogen) atoms. The van der Waals surface area contributed by atoms with Crippen LogP contribution in [0.25, 0.3) is 0 Å². The summed E-state index contributed by atoms with van der Waals surface area (Å²) in [5.41, 5.74) is 4.49. The Morgan fingerprint density at radius 2 is 1.93 bits per heavy atom. The van der Waals surface area contributed by atoms with Crippen LogP contribution in [0.2, 0.25) is 0 Å². The summed E-state index contributed by atoms with van der Waals surface area (Å²) in [5.74, 6) is 0.826. The minimum absolute atomic E-state index is 0.165. The van der Waals surface area contributed by atoms with Crippen molar-refractivity contribution in [2.24, 2.45) is 11.8 Å². The third kappa shape index (κ3) is 3.13. The standard InChI is InChI=1S/C22H27FN4O/c1-15-19-8-11-26(22(28)20-13-25-9-6-17(20)7-10-25)14-21(19)27(24-15)12-16-2-4-18(23)5-3-16/h2-5,17,20H,6-14H2,1H3. The van der Waals surface area contributed by atoms with Crippen molar-refractivity contribution < 1.29 is 9.18 Å². The van der Waals surface area contributed by atoms with E-state index in [1.54, 1.807) is 12.1 Å². The monoisotopic (exact) mass is 382 g/mol. The topological polar surface area (TPSA) is 41.4 Å². The highest BCUT2D eigenvalue weighted by molar-refractivity contribution is 5.80. The van der Waals surface area contributed by atoms with Gasteiger partial charge < -0.3 is 9.80 Å². The number of carbonyl (C=O) groups excluding carboxylic acids is 1. The second-order valence-electron chi connectivity index (χ2n) is 8.55. The molecule has 4 aliphatic rings. The second kappa shape index (κ2) is 6.99. The summed E-state index contributed by atoms with van der Waals surface area (Å²) in [6.45, 7) is 7.33. The smallest absolute Gasteiger partial charge is 0.227 e. The molecule has 0 saturated carbocycles. The van der Waals surface area contributed by atoms with Gasteiger partial charge in [-0.2, -0.15) is 5.10 Å². The van der Waals surface area contributed by atoms with Crippen LogP contribution in [-0.4, -0.2) is 51.7 Å². The predicted octanol–water partition coefficient (Wildman–Crippen LogP) is 2.61. The molecule has 5 nitrogen and oxygen atoms in total. The lowest BCUT2D eigenvalue weighted by atomic mass is 9.78. The van der Waals surface area contributed by atoms with Crippen molar-refractivity contribution >= 4 is 5.91 Å². The van der Waals surface area contributed by atoms with Crippen LogP contribution >= 0.6 is 0 Å². The molecule has 3 saturated heterocycles. The van der Waals surface area contributed by atoms with E-state index < -0.39 is 0 Å². The van der Waals surface area contributed by atoms with E-state index in [1.165, 1.54) is 17.7 Å². The molecule has 6 heteroatoms. The number of carbonyl (C=O) groups is 1. The number of halogens is 1. The van der Waals surface area contributed by atoms with Crippen molar-refractivity contribution in [3.8, 4) is 0 Å². The molecular weight excluding hydrogens is 355 g/mol. The Labute approximate surface area is 165 Å². The van der Waals surface area contributed by atoms with Crippen LogP contribution in [0.15, 0.2) is 24.3 Å². The summed E-state index contributed by atoms with van der Waals surface area (Å²) in [5, 5.41) is 4.73. The van der Waals surface area contributed by atoms with E-state index in [9.17, 15) is 9.18 Å². The molecule has 5 heterocycles. The zero-order chi connectivity index (χ0) is 19.3. The fraction of sp³-hybridized carbons (Fsp3) is 0.545. The predicted molar refractivity (Wildman–Crippen MR) is 104 cm³/mol. The lowest BCUT2D eigenvalue weighted by Gasteiger charge is -2.45. The SMILES string of the molecule is Cc1nn(Cc2ccc(F)cc2)c2c1CCN(C(=O)C1CN3CCC1CC3)C2. The number of fused-ring (bicyclic) bond motifs is 4. The molecule has 0 aliphatic carbocycles. The zero-order valence-corrected chi connectivity index (χ0v) is 16.4. The van der Waals surface area contributed by atoms with Crippen LogP contribution in [-0.2, 0) is 24.3 Å². The van der Waals surface area contributed by atoms with Gasteiger partial charge in [0.05, 0.1) is 30.4 Å². The van der Waals surface area contributed by atoms with Gasteiger partial charge in [0.25, 0.3) is 0 Å². The first kappa shape index (κ1) is 17.9. The lowest BCUT2D eigenvalue weighted by molar-refractivity contribution is -0.143. The number of rotatable bonds is 3. The number of benzene rings is 1. The maximum atomic E-state index is 13.3. The van der Waals surface area contributed by atoms with E-state index in [4.69, 9.17) is 5.10 Å². The Kier molecular flexibility index (Phi) is 4.46. The summed E-state index contributed by atoms with van der Waals surface area (Å²) in [7, 11) is 0. The highest BCUT2D eigenvalue weighted by atomic mass is 19.1. The largest absolute Gasteiger partial charge is 0.336 e. The van der Waals surface area contributed by atoms with Crippen LogP contribution in [0.3, 0.4) is 0 Å². The molecule has 0 radical (unpaired) electrons. The molecule has 2 aromatic rings. The Bertz CT molecular complexity index is 883. The molecule has 0 N–H and O–H groups in total. The second-order valence-corrected chi connectivity index (χ2v) is 8.55. The van der Waals surface area contributed by atoms with Crippen LogP contribution in [0.5, 0.6) is 0 Å². The number of aromatic nitrogens is 2. The van der Waals surface area contributed by atoms with Gasteiger partial charge in [-0.3, -0.25) is 9.48 Å². The van der Waals surface area contributed by atoms with Gasteiger partial charge in [-0.05, 0) is 68.5 Å². The van der Waals surface area contributed by atoms with Crippen LogP contribution in [0.4, 0.5) is 4.39 Å². The summed E-state index contributed by atoms with van der Waals surface area (Å²) in [6.07, 6.45) is 3.20. The average Bonchev–Trinajstić information content (AvgIpc) is 3.05. The maximum absolute atomic E-state index is 13.3. The third-order valence-corrected chi connectivity index (χ3v) is 6.87. The average molecular weight is 382 g/mol. The normalized spacial score (nSPS) is 26.4. The van der Waals surface area contributed by atoms with Gasteiger partial charge in [0.15, 0.2) is 0 Å². The molecule has 1 atom stereocenters. The van der Waals surface area contributed by atoms with Gasteiger partial charge in [0.2, 0.25) is 5.91 Å². The molecule has 6 rings (SSSR count). The van der Waals surface area contributed by atoms with E-state index in [1.807, 2.05) is 11.6 Å². The first-order valence-corrected chi connectivity index (χ1v) is 10.4. The van der Waals surface area contributed by atoms with Crippen molar-refractivity contribution in [1.82, 2.24) is 19.6 Å². The first-order valence-electron chi connectivity index (χ1n) is 10.4. The molecule has 4 aliphatic heterocycles. The molecule has 0 spiro atoms. The number of aryl methyl sites for hydroxylation is 1. The van der Waals surface area contributed by atoms with Crippen LogP contribution < -0.4 is 0 Å². The molecular formula is C22H27FN4O. The molecule has 1 aromatic heterocycles. The fourth-order valence-corrected chi connectivity index (χ4v) is 5.24. The zero-order valence-electron chi connectivity index (χ0n) is 16.4. The van der Waals surface area contributed by atoms with E-state index in [-0.39, 0.29) is 11.7 Å². The maximum Gasteiger partial charge on any atom is 0.227 e. The van der Waals surface area contributed by atoms with Gasteiger partial charge in [-0.25, -0.2) is 4.39 Å². The minimum atomic E-state index is -0.225. The quantitative estimate of drug-likeness (QED) is 0.819. The van der Waals surface area contributed by atoms with Gasteiger partial charge in [0.1, 0.15) is 5.82 Å². The Balaban J connectivity index is 1.36. The molecule has 148 valence electrons. The van der Waals surface area contributed by atoms with E-state index in [0.29, 0.717) is 24.9 Å². The van der Waals surface area contributed by atoms with Crippen molar-refractivity contribution in [1.29, 1.82) is 0 Å². The van der Waals surface area contributed by atoms with Crippen LogP contribution in [0.1, 0.15) is 35.4 Å². The number of hydrogen-bond acceptors (Lipinski definition) is 3. The van der Waals surface area contributed by atoms with Crippen molar-refractivity contribution in [2.45, 2.75) is 39.3 Å². The Morgan fingerprint density at radius 3 is 2.61 bits per heavy atom. The number of amides is 1. The molecule has 1 aromatic carbocycles. The molecule has 1 unspecified atom stereocenters. The summed E-state index contributed by atoms with van der Waals surface area (Å²) >= 11 is 0. The summed E-state index contributed by atoms with van der Waals surface area (Å²) in [4.78, 5) is 17.8. The Hall–Kier alpha value is -2.21. The van der Waals surface area contributed by atoms with Gasteiger partial charge in [0, 0.05) is 13.1 Å². The number of piperidine rings is 3. The lowest BCUT2D eigenvalue weighted by Crippen LogP contribution is -2.54. The van der Waals surface area contributed by atoms with Crippen LogP contribution in [0, 0.1) is 24.6 Å². The fourth-order valence-electron chi connectivity index (χ4n) is 5.24. The number of hydrogen-bond donors (Lipinski definition) is 0. The van der Waals surface area contributed by atoms with Gasteiger partial charge >= 0.3 is 0 Å². The summed E-state index contributed by atoms with van der Waals surface area (Å²) < 4.78 is 15.2. The summed E-state index contributed by atoms with van der Waals surface area (Å²) in [6, 6.07) is 6.58. The number of nitrogens with zero attached hydrogens (tertiary/aromatic N) is 4.